The van der Waals surface area contributed by atoms with Crippen molar-refractivity contribution in [2.45, 2.75) is 0 Å². The van der Waals surface area contributed by atoms with Crippen LogP contribution in [0.2, 0.25) is 0 Å². The number of hydrogen-bond donors (Lipinski definition) is 2. The molecule has 4 aromatic carbocycles. The Morgan fingerprint density at radius 2 is 1.37 bits per heavy atom. The summed E-state index contributed by atoms with van der Waals surface area (Å²) in [6.45, 7) is 0. The molecule has 7 aromatic rings. The summed E-state index contributed by atoms with van der Waals surface area (Å²) in [6, 6.07) is 26.7. The number of benzene rings is 4. The molecule has 0 atom stereocenters. The summed E-state index contributed by atoms with van der Waals surface area (Å²) in [7, 11) is 0. The van der Waals surface area contributed by atoms with Crippen LogP contribution in [0.25, 0.3) is 62.2 Å². The van der Waals surface area contributed by atoms with E-state index < -0.39 is 0 Å². The van der Waals surface area contributed by atoms with Crippen LogP contribution in [0.15, 0.2) is 98.2 Å². The number of anilines is 2. The highest BCUT2D eigenvalue weighted by atomic mass is 16.4. The van der Waals surface area contributed by atoms with Gasteiger partial charge in [-0.05, 0) is 60.7 Å². The van der Waals surface area contributed by atoms with Crippen LogP contribution in [0.4, 0.5) is 11.4 Å². The summed E-state index contributed by atoms with van der Waals surface area (Å²) in [5.74, 6) is 1.11. The maximum atomic E-state index is 6.25. The number of para-hydroxylation sites is 2. The van der Waals surface area contributed by atoms with Crippen molar-refractivity contribution in [1.29, 1.82) is 0 Å². The zero-order valence-corrected chi connectivity index (χ0v) is 18.3. The SMILES string of the molecule is Nc1ccc2oc(-[n+]3c(-c4ccc(-c5nc6ccc(N)cc6o5)cc4)oc4ccccc43)nc2c1. The molecule has 0 aliphatic rings. The minimum Gasteiger partial charge on any atom is -0.436 e. The van der Waals surface area contributed by atoms with Gasteiger partial charge in [0.15, 0.2) is 22.3 Å². The van der Waals surface area contributed by atoms with E-state index in [1.54, 1.807) is 24.3 Å². The quantitative estimate of drug-likeness (QED) is 0.264. The smallest absolute Gasteiger partial charge is 0.436 e. The molecule has 0 aliphatic heterocycles. The van der Waals surface area contributed by atoms with E-state index in [1.807, 2.05) is 65.2 Å². The van der Waals surface area contributed by atoms with Gasteiger partial charge >= 0.3 is 11.9 Å². The average molecular weight is 460 g/mol. The third kappa shape index (κ3) is 3.12. The van der Waals surface area contributed by atoms with E-state index in [0.717, 1.165) is 22.2 Å². The van der Waals surface area contributed by atoms with Gasteiger partial charge in [0, 0.05) is 34.1 Å². The third-order valence-corrected chi connectivity index (χ3v) is 5.90. The molecule has 0 bridgehead atoms. The Labute approximate surface area is 198 Å². The van der Waals surface area contributed by atoms with E-state index in [0.29, 0.717) is 51.4 Å². The lowest BCUT2D eigenvalue weighted by Crippen LogP contribution is -2.32. The molecule has 0 aliphatic carbocycles. The molecule has 4 N–H and O–H groups in total. The number of aromatic nitrogens is 3. The fourth-order valence-corrected chi connectivity index (χ4v) is 4.21. The Balaban J connectivity index is 1.36. The van der Waals surface area contributed by atoms with Crippen molar-refractivity contribution in [2.75, 3.05) is 11.5 Å². The van der Waals surface area contributed by atoms with E-state index in [1.165, 1.54) is 0 Å². The Bertz CT molecular complexity index is 1880. The molecular formula is C27H18N5O3+. The first-order valence-electron chi connectivity index (χ1n) is 11.0. The van der Waals surface area contributed by atoms with Crippen LogP contribution < -0.4 is 16.0 Å². The highest BCUT2D eigenvalue weighted by Gasteiger charge is 2.29. The molecular weight excluding hydrogens is 442 g/mol. The van der Waals surface area contributed by atoms with Crippen molar-refractivity contribution in [3.63, 3.8) is 0 Å². The van der Waals surface area contributed by atoms with Gasteiger partial charge in [-0.1, -0.05) is 12.1 Å². The molecule has 35 heavy (non-hydrogen) atoms. The van der Waals surface area contributed by atoms with Gasteiger partial charge in [0.25, 0.3) is 0 Å². The molecule has 0 radical (unpaired) electrons. The monoisotopic (exact) mass is 460 g/mol. The number of rotatable bonds is 3. The molecule has 7 rings (SSSR count). The van der Waals surface area contributed by atoms with E-state index in [2.05, 4.69) is 9.97 Å². The molecule has 0 amide bonds. The standard InChI is InChI=1S/C27H17N5O3/c28-17-10-12-22-20(13-17)31-27(35-22)32-21-3-1-2-4-23(21)34-26(32)16-7-5-15(6-8-16)25-30-19-11-9-18(29)14-24(19)33-25/h1-14,29H,28H2/p+1. The fourth-order valence-electron chi connectivity index (χ4n) is 4.21. The second-order valence-corrected chi connectivity index (χ2v) is 8.26. The lowest BCUT2D eigenvalue weighted by atomic mass is 10.1. The molecule has 0 spiro atoms. The fraction of sp³-hybridized carbons (Fsp3) is 0. The molecule has 8 nitrogen and oxygen atoms in total. The van der Waals surface area contributed by atoms with Gasteiger partial charge in [-0.15, -0.1) is 4.57 Å². The Hall–Kier alpha value is -5.11. The van der Waals surface area contributed by atoms with Crippen molar-refractivity contribution < 1.29 is 17.8 Å². The predicted octanol–water partition coefficient (Wildman–Crippen LogP) is 5.49. The van der Waals surface area contributed by atoms with Crippen LogP contribution in [0, 0.1) is 0 Å². The maximum absolute atomic E-state index is 6.25. The predicted molar refractivity (Wildman–Crippen MR) is 133 cm³/mol. The van der Waals surface area contributed by atoms with Crippen LogP contribution >= 0.6 is 0 Å². The van der Waals surface area contributed by atoms with Crippen molar-refractivity contribution >= 4 is 44.7 Å². The summed E-state index contributed by atoms with van der Waals surface area (Å²) < 4.78 is 20.1. The third-order valence-electron chi connectivity index (χ3n) is 5.90. The van der Waals surface area contributed by atoms with E-state index in [4.69, 9.17) is 24.7 Å². The Morgan fingerprint density at radius 1 is 0.600 bits per heavy atom. The van der Waals surface area contributed by atoms with E-state index in [9.17, 15) is 0 Å². The second kappa shape index (κ2) is 7.19. The maximum Gasteiger partial charge on any atom is 0.513 e. The largest absolute Gasteiger partial charge is 0.513 e. The lowest BCUT2D eigenvalue weighted by molar-refractivity contribution is -0.578. The number of nitrogen functional groups attached to an aromatic ring is 2. The normalized spacial score (nSPS) is 11.7. The zero-order valence-electron chi connectivity index (χ0n) is 18.3. The van der Waals surface area contributed by atoms with Gasteiger partial charge in [0.05, 0.1) is 5.56 Å². The topological polar surface area (TPSA) is 121 Å². The summed E-state index contributed by atoms with van der Waals surface area (Å²) in [5, 5.41) is 0. The number of hydrogen-bond acceptors (Lipinski definition) is 7. The van der Waals surface area contributed by atoms with Gasteiger partial charge in [-0.3, -0.25) is 0 Å². The van der Waals surface area contributed by atoms with Crippen LogP contribution in [0.3, 0.4) is 0 Å². The Morgan fingerprint density at radius 3 is 2.26 bits per heavy atom. The molecule has 0 saturated heterocycles. The summed E-state index contributed by atoms with van der Waals surface area (Å²) in [4.78, 5) is 9.24. The zero-order chi connectivity index (χ0) is 23.5. The first-order chi connectivity index (χ1) is 17.1. The van der Waals surface area contributed by atoms with Crippen LogP contribution in [0.5, 0.6) is 0 Å². The van der Waals surface area contributed by atoms with Gasteiger partial charge in [-0.2, -0.15) is 0 Å². The molecule has 3 aromatic heterocycles. The highest BCUT2D eigenvalue weighted by Crippen LogP contribution is 2.30. The Kier molecular flexibility index (Phi) is 3.98. The molecule has 0 saturated carbocycles. The summed E-state index contributed by atoms with van der Waals surface area (Å²) in [6.07, 6.45) is 0. The van der Waals surface area contributed by atoms with Crippen molar-refractivity contribution in [3.05, 3.63) is 84.9 Å². The summed E-state index contributed by atoms with van der Waals surface area (Å²) >= 11 is 0. The van der Waals surface area contributed by atoms with E-state index >= 15 is 0 Å². The average Bonchev–Trinajstić information content (AvgIpc) is 3.58. The number of oxazole rings is 3. The minimum atomic E-state index is 0.395. The molecule has 0 unspecified atom stereocenters. The number of fused-ring (bicyclic) bond motifs is 3. The first-order valence-corrected chi connectivity index (χ1v) is 11.0. The number of nitrogens with zero attached hydrogens (tertiary/aromatic N) is 3. The van der Waals surface area contributed by atoms with Crippen molar-refractivity contribution in [3.8, 4) is 28.9 Å². The van der Waals surface area contributed by atoms with Crippen molar-refractivity contribution in [1.82, 2.24) is 9.97 Å². The van der Waals surface area contributed by atoms with Gasteiger partial charge in [0.2, 0.25) is 11.4 Å². The molecule has 0 fully saturated rings. The highest BCUT2D eigenvalue weighted by molar-refractivity contribution is 5.80. The van der Waals surface area contributed by atoms with Crippen LogP contribution in [-0.4, -0.2) is 9.97 Å². The number of nitrogens with two attached hydrogens (primary N) is 2. The van der Waals surface area contributed by atoms with Gasteiger partial charge in [0.1, 0.15) is 5.52 Å². The van der Waals surface area contributed by atoms with E-state index in [-0.39, 0.29) is 0 Å². The van der Waals surface area contributed by atoms with Crippen LogP contribution in [-0.2, 0) is 0 Å². The van der Waals surface area contributed by atoms with Gasteiger partial charge in [-0.25, -0.2) is 4.98 Å². The molecule has 8 heteroatoms. The first kappa shape index (κ1) is 19.4. The second-order valence-electron chi connectivity index (χ2n) is 8.26. The minimum absolute atomic E-state index is 0.395. The molecule has 3 heterocycles. The molecule has 168 valence electrons. The van der Waals surface area contributed by atoms with Crippen LogP contribution in [0.1, 0.15) is 0 Å². The lowest BCUT2D eigenvalue weighted by Gasteiger charge is -1.99. The van der Waals surface area contributed by atoms with Gasteiger partial charge < -0.3 is 24.7 Å². The summed E-state index contributed by atoms with van der Waals surface area (Å²) in [5.41, 5.74) is 19.0. The van der Waals surface area contributed by atoms with Crippen molar-refractivity contribution in [2.24, 2.45) is 0 Å².